The van der Waals surface area contributed by atoms with Crippen molar-refractivity contribution in [2.45, 2.75) is 0 Å². The number of nitrogens with one attached hydrogen (secondary N) is 1. The number of ether oxygens (including phenoxy) is 1. The van der Waals surface area contributed by atoms with E-state index in [2.05, 4.69) is 15.3 Å². The topological polar surface area (TPSA) is 68.5 Å². The van der Waals surface area contributed by atoms with E-state index in [1.165, 1.54) is 13.2 Å². The van der Waals surface area contributed by atoms with Gasteiger partial charge in [0.25, 0.3) is 5.91 Å². The third-order valence-corrected chi connectivity index (χ3v) is 4.16. The van der Waals surface area contributed by atoms with Gasteiger partial charge < -0.3 is 10.1 Å². The number of halogens is 2. The van der Waals surface area contributed by atoms with Crippen LogP contribution >= 0.6 is 0 Å². The molecule has 0 bridgehead atoms. The third-order valence-electron chi connectivity index (χ3n) is 4.16. The molecule has 0 atom stereocenters. The molecule has 0 saturated heterocycles. The van der Waals surface area contributed by atoms with Gasteiger partial charge in [-0.25, -0.2) is 18.7 Å². The molecule has 6 nitrogen and oxygen atoms in total. The zero-order chi connectivity index (χ0) is 19.7. The van der Waals surface area contributed by atoms with Gasteiger partial charge in [-0.2, -0.15) is 0 Å². The Bertz CT molecular complexity index is 1160. The molecule has 0 unspecified atom stereocenters. The van der Waals surface area contributed by atoms with E-state index in [-0.39, 0.29) is 5.56 Å². The van der Waals surface area contributed by atoms with Crippen molar-refractivity contribution >= 4 is 17.4 Å². The van der Waals surface area contributed by atoms with E-state index < -0.39 is 17.5 Å². The van der Waals surface area contributed by atoms with E-state index in [1.54, 1.807) is 34.9 Å². The second kappa shape index (κ2) is 7.07. The summed E-state index contributed by atoms with van der Waals surface area (Å²) in [6.07, 6.45) is 5.28. The van der Waals surface area contributed by atoms with Gasteiger partial charge in [0.15, 0.2) is 11.6 Å². The van der Waals surface area contributed by atoms with Crippen LogP contribution in [0.25, 0.3) is 17.0 Å². The van der Waals surface area contributed by atoms with E-state index >= 15 is 0 Å². The number of hydrogen-bond acceptors (Lipinski definition) is 4. The fourth-order valence-corrected chi connectivity index (χ4v) is 2.77. The highest BCUT2D eigenvalue weighted by Crippen LogP contribution is 2.30. The maximum absolute atomic E-state index is 13.4. The zero-order valence-electron chi connectivity index (χ0n) is 14.7. The first-order chi connectivity index (χ1) is 13.5. The predicted octanol–water partition coefficient (Wildman–Crippen LogP) is 3.94. The number of fused-ring (bicyclic) bond motifs is 1. The van der Waals surface area contributed by atoms with Crippen molar-refractivity contribution in [2.75, 3.05) is 12.4 Å². The summed E-state index contributed by atoms with van der Waals surface area (Å²) in [6.45, 7) is 0. The maximum Gasteiger partial charge on any atom is 0.255 e. The first-order valence-corrected chi connectivity index (χ1v) is 8.29. The summed E-state index contributed by atoms with van der Waals surface area (Å²) in [4.78, 5) is 21.1. The van der Waals surface area contributed by atoms with Crippen LogP contribution in [0.3, 0.4) is 0 Å². The van der Waals surface area contributed by atoms with Crippen LogP contribution in [0.4, 0.5) is 14.5 Å². The van der Waals surface area contributed by atoms with Crippen LogP contribution in [0.1, 0.15) is 10.4 Å². The van der Waals surface area contributed by atoms with E-state index in [4.69, 9.17) is 4.74 Å². The van der Waals surface area contributed by atoms with Crippen LogP contribution in [0.15, 0.2) is 61.1 Å². The molecule has 4 rings (SSSR count). The Kier molecular flexibility index (Phi) is 4.44. The number of methoxy groups -OCH3 is 1. The Labute approximate surface area is 158 Å². The molecule has 0 spiro atoms. The minimum Gasteiger partial charge on any atom is -0.495 e. The fourth-order valence-electron chi connectivity index (χ4n) is 2.77. The van der Waals surface area contributed by atoms with Gasteiger partial charge in [-0.05, 0) is 42.5 Å². The van der Waals surface area contributed by atoms with E-state index in [9.17, 15) is 13.6 Å². The maximum atomic E-state index is 13.4. The van der Waals surface area contributed by atoms with Gasteiger partial charge >= 0.3 is 0 Å². The van der Waals surface area contributed by atoms with Crippen LogP contribution in [0.5, 0.6) is 5.75 Å². The highest BCUT2D eigenvalue weighted by Gasteiger charge is 2.14. The van der Waals surface area contributed by atoms with Crippen molar-refractivity contribution in [3.8, 4) is 17.0 Å². The van der Waals surface area contributed by atoms with Gasteiger partial charge in [-0.3, -0.25) is 9.20 Å². The number of imidazole rings is 1. The lowest BCUT2D eigenvalue weighted by molar-refractivity contribution is 0.102. The van der Waals surface area contributed by atoms with Crippen LogP contribution in [-0.4, -0.2) is 27.4 Å². The van der Waals surface area contributed by atoms with Crippen LogP contribution in [0.2, 0.25) is 0 Å². The van der Waals surface area contributed by atoms with Crippen molar-refractivity contribution in [3.05, 3.63) is 78.3 Å². The summed E-state index contributed by atoms with van der Waals surface area (Å²) in [5.74, 6) is -1.74. The summed E-state index contributed by atoms with van der Waals surface area (Å²) in [5, 5.41) is 2.67. The molecule has 0 saturated carbocycles. The molecule has 2 heterocycles. The molecule has 0 aliphatic heterocycles. The van der Waals surface area contributed by atoms with Crippen molar-refractivity contribution in [3.63, 3.8) is 0 Å². The molecule has 28 heavy (non-hydrogen) atoms. The Balaban J connectivity index is 1.68. The Hall–Kier alpha value is -3.81. The van der Waals surface area contributed by atoms with Gasteiger partial charge in [0, 0.05) is 29.7 Å². The highest BCUT2D eigenvalue weighted by atomic mass is 19.2. The number of amides is 1. The lowest BCUT2D eigenvalue weighted by Crippen LogP contribution is -2.13. The van der Waals surface area contributed by atoms with Crippen molar-refractivity contribution in [1.82, 2.24) is 14.4 Å². The summed E-state index contributed by atoms with van der Waals surface area (Å²) in [7, 11) is 1.47. The molecule has 0 aliphatic carbocycles. The van der Waals surface area contributed by atoms with Gasteiger partial charge in [0.05, 0.1) is 18.5 Å². The summed E-state index contributed by atoms with van der Waals surface area (Å²) in [6, 6.07) is 9.92. The first-order valence-electron chi connectivity index (χ1n) is 8.29. The number of aromatic nitrogens is 3. The van der Waals surface area contributed by atoms with Gasteiger partial charge in [0.1, 0.15) is 5.75 Å². The zero-order valence-corrected chi connectivity index (χ0v) is 14.7. The first kappa shape index (κ1) is 17.6. The largest absolute Gasteiger partial charge is 0.495 e. The number of hydrogen-bond donors (Lipinski definition) is 1. The molecule has 0 fully saturated rings. The van der Waals surface area contributed by atoms with E-state index in [0.29, 0.717) is 22.9 Å². The standard InChI is InChI=1S/C20H14F2N4O2/c1-28-18-6-4-12(17-11-26-8-2-7-23-20(26)25-17)10-16(18)24-19(27)13-3-5-14(21)15(22)9-13/h2-11H,1H3,(H,24,27). The van der Waals surface area contributed by atoms with Crippen LogP contribution in [0, 0.1) is 11.6 Å². The second-order valence-corrected chi connectivity index (χ2v) is 5.95. The van der Waals surface area contributed by atoms with Crippen molar-refractivity contribution in [1.29, 1.82) is 0 Å². The van der Waals surface area contributed by atoms with E-state index in [0.717, 1.165) is 17.7 Å². The molecular formula is C20H14F2N4O2. The van der Waals surface area contributed by atoms with Crippen LogP contribution in [-0.2, 0) is 0 Å². The van der Waals surface area contributed by atoms with E-state index in [1.807, 2.05) is 12.4 Å². The molecule has 1 N–H and O–H groups in total. The number of nitrogens with zero attached hydrogens (tertiary/aromatic N) is 3. The summed E-state index contributed by atoms with van der Waals surface area (Å²) >= 11 is 0. The smallest absolute Gasteiger partial charge is 0.255 e. The minimum absolute atomic E-state index is 0.0108. The monoisotopic (exact) mass is 380 g/mol. The predicted molar refractivity (Wildman–Crippen MR) is 99.3 cm³/mol. The quantitative estimate of drug-likeness (QED) is 0.582. The number of benzene rings is 2. The Morgan fingerprint density at radius 2 is 2.00 bits per heavy atom. The highest BCUT2D eigenvalue weighted by molar-refractivity contribution is 6.05. The summed E-state index contributed by atoms with van der Waals surface area (Å²) < 4.78 is 33.6. The number of carbonyl (C=O) groups excluding carboxylic acids is 1. The number of anilines is 1. The van der Waals surface area contributed by atoms with Gasteiger partial charge in [-0.1, -0.05) is 0 Å². The van der Waals surface area contributed by atoms with Crippen LogP contribution < -0.4 is 10.1 Å². The lowest BCUT2D eigenvalue weighted by Gasteiger charge is -2.12. The minimum atomic E-state index is -1.09. The lowest BCUT2D eigenvalue weighted by atomic mass is 10.1. The molecule has 4 aromatic rings. The van der Waals surface area contributed by atoms with Gasteiger partial charge in [0.2, 0.25) is 5.78 Å². The fraction of sp³-hybridized carbons (Fsp3) is 0.0500. The Morgan fingerprint density at radius 1 is 1.14 bits per heavy atom. The average molecular weight is 380 g/mol. The summed E-state index contributed by atoms with van der Waals surface area (Å²) in [5.41, 5.74) is 1.75. The second-order valence-electron chi connectivity index (χ2n) is 5.95. The number of carbonyl (C=O) groups is 1. The molecule has 1 amide bonds. The SMILES string of the molecule is COc1ccc(-c2cn3cccnc3n2)cc1NC(=O)c1ccc(F)c(F)c1. The van der Waals surface area contributed by atoms with Crippen molar-refractivity contribution in [2.24, 2.45) is 0 Å². The Morgan fingerprint density at radius 3 is 2.75 bits per heavy atom. The molecule has 2 aromatic heterocycles. The molecule has 0 radical (unpaired) electrons. The molecule has 2 aromatic carbocycles. The van der Waals surface area contributed by atoms with Crippen molar-refractivity contribution < 1.29 is 18.3 Å². The molecular weight excluding hydrogens is 366 g/mol. The average Bonchev–Trinajstić information content (AvgIpc) is 3.14. The molecule has 0 aliphatic rings. The van der Waals surface area contributed by atoms with Gasteiger partial charge in [-0.15, -0.1) is 0 Å². The normalized spacial score (nSPS) is 10.8. The third kappa shape index (κ3) is 3.27. The molecule has 8 heteroatoms. The number of rotatable bonds is 4. The molecule has 140 valence electrons.